The fraction of sp³-hybridized carbons (Fsp3) is 0.258. The van der Waals surface area contributed by atoms with Gasteiger partial charge in [-0.05, 0) is 75.4 Å². The Balaban J connectivity index is 1.66. The number of benzene rings is 3. The van der Waals surface area contributed by atoms with E-state index in [1.807, 2.05) is 17.5 Å². The molecule has 2 nitrogen and oxygen atoms in total. The van der Waals surface area contributed by atoms with Crippen molar-refractivity contribution in [3.8, 4) is 11.3 Å². The van der Waals surface area contributed by atoms with E-state index in [1.54, 1.807) is 0 Å². The molecule has 3 heteroatoms. The van der Waals surface area contributed by atoms with Gasteiger partial charge in [0.2, 0.25) is 0 Å². The molecule has 0 aliphatic heterocycles. The normalized spacial score (nSPS) is 12.6. The van der Waals surface area contributed by atoms with Crippen LogP contribution in [-0.2, 0) is 11.8 Å². The lowest BCUT2D eigenvalue weighted by Gasteiger charge is -2.22. The topological polar surface area (TPSA) is 26.0 Å². The summed E-state index contributed by atoms with van der Waals surface area (Å²) in [6, 6.07) is 19.8. The molecule has 3 heterocycles. The van der Waals surface area contributed by atoms with E-state index < -0.39 is 0 Å². The number of fused-ring (bicyclic) bond motifs is 6. The second-order valence-corrected chi connectivity index (χ2v) is 11.7. The Hall–Kier alpha value is -3.17. The van der Waals surface area contributed by atoms with Gasteiger partial charge in [-0.1, -0.05) is 58.9 Å². The zero-order valence-electron chi connectivity index (χ0n) is 20.4. The lowest BCUT2D eigenvalue weighted by Crippen LogP contribution is -2.12. The van der Waals surface area contributed by atoms with Crippen molar-refractivity contribution in [3.05, 3.63) is 77.3 Å². The van der Waals surface area contributed by atoms with Crippen molar-refractivity contribution in [2.45, 2.75) is 46.5 Å². The minimum absolute atomic E-state index is 0.0198. The summed E-state index contributed by atoms with van der Waals surface area (Å²) >= 11 is 1.81. The average Bonchev–Trinajstić information content (AvgIpc) is 3.38. The zero-order valence-corrected chi connectivity index (χ0v) is 21.2. The first-order valence-electron chi connectivity index (χ1n) is 12.0. The molecule has 0 amide bonds. The van der Waals surface area contributed by atoms with E-state index >= 15 is 0 Å². The van der Waals surface area contributed by atoms with Crippen LogP contribution >= 0.6 is 11.3 Å². The van der Waals surface area contributed by atoms with Crippen molar-refractivity contribution in [1.29, 1.82) is 0 Å². The second kappa shape index (κ2) is 7.68. The van der Waals surface area contributed by atoms with Crippen LogP contribution in [0, 0.1) is 5.92 Å². The Morgan fingerprint density at radius 2 is 1.71 bits per heavy atom. The largest absolute Gasteiger partial charge is 0.453 e. The van der Waals surface area contributed by atoms with Crippen LogP contribution in [-0.4, -0.2) is 4.98 Å². The summed E-state index contributed by atoms with van der Waals surface area (Å²) in [7, 11) is 0. The van der Waals surface area contributed by atoms with Crippen molar-refractivity contribution in [2.24, 2.45) is 5.92 Å². The molecule has 0 atom stereocenters. The third-order valence-electron chi connectivity index (χ3n) is 6.74. The van der Waals surface area contributed by atoms with Crippen LogP contribution in [0.4, 0.5) is 0 Å². The molecule has 0 radical (unpaired) electrons. The summed E-state index contributed by atoms with van der Waals surface area (Å²) in [5.41, 5.74) is 6.63. The van der Waals surface area contributed by atoms with Crippen LogP contribution in [0.2, 0.25) is 0 Å². The molecule has 0 fully saturated rings. The number of rotatable bonds is 3. The van der Waals surface area contributed by atoms with E-state index in [0.29, 0.717) is 5.92 Å². The van der Waals surface area contributed by atoms with Crippen LogP contribution in [0.5, 0.6) is 0 Å². The van der Waals surface area contributed by atoms with Crippen molar-refractivity contribution in [1.82, 2.24) is 4.98 Å². The lowest BCUT2D eigenvalue weighted by atomic mass is 9.82. The molecule has 0 spiro atoms. The van der Waals surface area contributed by atoms with E-state index in [1.165, 1.54) is 37.4 Å². The van der Waals surface area contributed by atoms with Crippen molar-refractivity contribution in [3.63, 3.8) is 0 Å². The number of nitrogens with zero attached hydrogens (tertiary/aromatic N) is 1. The van der Waals surface area contributed by atoms with Crippen molar-refractivity contribution < 1.29 is 4.42 Å². The quantitative estimate of drug-likeness (QED) is 0.261. The summed E-state index contributed by atoms with van der Waals surface area (Å²) in [5.74, 6) is 0.600. The number of furan rings is 1. The molecule has 0 saturated heterocycles. The SMILES string of the molecule is CC(C)Cc1csc2ccc3c4ccnc(-c5cc(C(C)(C)C)c6ccccc6c5)c4oc3c12. The first-order chi connectivity index (χ1) is 16.3. The second-order valence-electron chi connectivity index (χ2n) is 10.8. The fourth-order valence-corrected chi connectivity index (χ4v) is 6.18. The smallest absolute Gasteiger partial charge is 0.161 e. The van der Waals surface area contributed by atoms with Gasteiger partial charge >= 0.3 is 0 Å². The molecule has 0 unspecified atom stereocenters. The molecule has 34 heavy (non-hydrogen) atoms. The highest BCUT2D eigenvalue weighted by molar-refractivity contribution is 7.17. The Labute approximate surface area is 204 Å². The molecule has 0 saturated carbocycles. The third-order valence-corrected chi connectivity index (χ3v) is 7.74. The molecule has 0 aliphatic rings. The number of hydrogen-bond acceptors (Lipinski definition) is 3. The maximum Gasteiger partial charge on any atom is 0.161 e. The summed E-state index contributed by atoms with van der Waals surface area (Å²) in [5, 5.41) is 8.41. The van der Waals surface area contributed by atoms with Gasteiger partial charge in [-0.3, -0.25) is 4.98 Å². The van der Waals surface area contributed by atoms with Gasteiger partial charge in [0.15, 0.2) is 5.58 Å². The molecular weight excluding hydrogens is 434 g/mol. The van der Waals surface area contributed by atoms with Gasteiger partial charge in [0.1, 0.15) is 11.3 Å². The number of hydrogen-bond donors (Lipinski definition) is 0. The maximum absolute atomic E-state index is 6.71. The predicted molar refractivity (Wildman–Crippen MR) is 147 cm³/mol. The molecule has 3 aromatic carbocycles. The first-order valence-corrected chi connectivity index (χ1v) is 12.9. The number of aromatic nitrogens is 1. The molecule has 3 aromatic heterocycles. The third kappa shape index (κ3) is 3.33. The monoisotopic (exact) mass is 463 g/mol. The van der Waals surface area contributed by atoms with E-state index in [0.717, 1.165) is 34.2 Å². The van der Waals surface area contributed by atoms with Crippen LogP contribution in [0.25, 0.3) is 54.1 Å². The highest BCUT2D eigenvalue weighted by Gasteiger charge is 2.22. The average molecular weight is 464 g/mol. The highest BCUT2D eigenvalue weighted by atomic mass is 32.1. The van der Waals surface area contributed by atoms with Crippen LogP contribution in [0.15, 0.2) is 70.6 Å². The first kappa shape index (κ1) is 21.4. The zero-order chi connectivity index (χ0) is 23.6. The van der Waals surface area contributed by atoms with Gasteiger partial charge in [0, 0.05) is 32.6 Å². The van der Waals surface area contributed by atoms with Gasteiger partial charge < -0.3 is 4.42 Å². The van der Waals surface area contributed by atoms with E-state index in [2.05, 4.69) is 94.6 Å². The van der Waals surface area contributed by atoms with Gasteiger partial charge in [0.05, 0.1) is 0 Å². The lowest BCUT2D eigenvalue weighted by molar-refractivity contribution is 0.596. The van der Waals surface area contributed by atoms with Crippen molar-refractivity contribution >= 4 is 54.1 Å². The molecule has 0 N–H and O–H groups in total. The summed E-state index contributed by atoms with van der Waals surface area (Å²) in [6.45, 7) is 11.4. The molecule has 6 rings (SSSR count). The Morgan fingerprint density at radius 3 is 2.50 bits per heavy atom. The maximum atomic E-state index is 6.71. The molecule has 170 valence electrons. The highest BCUT2D eigenvalue weighted by Crippen LogP contribution is 2.42. The molecular formula is C31H29NOS. The van der Waals surface area contributed by atoms with Crippen LogP contribution in [0.3, 0.4) is 0 Å². The standard InChI is InChI=1S/C31H29NOS/c1-18(2)14-21-17-34-26-11-10-23-24-12-13-32-28(30(24)33-29(23)27(21)26)20-15-19-8-6-7-9-22(19)25(16-20)31(3,4)5/h6-13,15-18H,14H2,1-5H3. The van der Waals surface area contributed by atoms with E-state index in [4.69, 9.17) is 9.40 Å². The van der Waals surface area contributed by atoms with Crippen molar-refractivity contribution in [2.75, 3.05) is 0 Å². The Morgan fingerprint density at radius 1 is 0.912 bits per heavy atom. The van der Waals surface area contributed by atoms with Gasteiger partial charge in [-0.15, -0.1) is 11.3 Å². The van der Waals surface area contributed by atoms with E-state index in [9.17, 15) is 0 Å². The predicted octanol–water partition coefficient (Wildman–Crippen LogP) is 9.51. The summed E-state index contributed by atoms with van der Waals surface area (Å²) in [6.07, 6.45) is 2.98. The van der Waals surface area contributed by atoms with Gasteiger partial charge in [0.25, 0.3) is 0 Å². The summed E-state index contributed by atoms with van der Waals surface area (Å²) in [4.78, 5) is 4.85. The Kier molecular flexibility index (Phi) is 4.82. The Bertz CT molecular complexity index is 1690. The summed E-state index contributed by atoms with van der Waals surface area (Å²) < 4.78 is 8.00. The number of pyridine rings is 1. The van der Waals surface area contributed by atoms with E-state index in [-0.39, 0.29) is 5.41 Å². The van der Waals surface area contributed by atoms with Gasteiger partial charge in [-0.25, -0.2) is 0 Å². The fourth-order valence-electron chi connectivity index (χ4n) is 5.21. The van der Waals surface area contributed by atoms with Crippen LogP contribution < -0.4 is 0 Å². The van der Waals surface area contributed by atoms with Gasteiger partial charge in [-0.2, -0.15) is 0 Å². The molecule has 0 bridgehead atoms. The van der Waals surface area contributed by atoms with Crippen LogP contribution in [0.1, 0.15) is 45.7 Å². The minimum atomic E-state index is 0.0198. The minimum Gasteiger partial charge on any atom is -0.453 e. The molecule has 0 aliphatic carbocycles. The number of thiophene rings is 1. The molecule has 6 aromatic rings.